The van der Waals surface area contributed by atoms with E-state index in [4.69, 9.17) is 0 Å². The van der Waals surface area contributed by atoms with Crippen LogP contribution in [0.15, 0.2) is 73.1 Å². The molecule has 0 amide bonds. The summed E-state index contributed by atoms with van der Waals surface area (Å²) in [5.74, 6) is -1.08. The Morgan fingerprint density at radius 3 is 2.41 bits per heavy atom. The maximum Gasteiger partial charge on any atom is 0.335 e. The number of aromatic amines is 1. The summed E-state index contributed by atoms with van der Waals surface area (Å²) in [4.78, 5) is 23.1. The highest BCUT2D eigenvalue weighted by molar-refractivity contribution is 5.90. The second-order valence-corrected chi connectivity index (χ2v) is 5.91. The van der Waals surface area contributed by atoms with E-state index in [0.29, 0.717) is 17.2 Å². The fourth-order valence-corrected chi connectivity index (χ4v) is 2.87. The first-order chi connectivity index (χ1) is 13.1. The minimum Gasteiger partial charge on any atom is -0.478 e. The fourth-order valence-electron chi connectivity index (χ4n) is 2.87. The van der Waals surface area contributed by atoms with Gasteiger partial charge in [-0.25, -0.2) is 14.2 Å². The third-order valence-corrected chi connectivity index (χ3v) is 4.19. The predicted octanol–water partition coefficient (Wildman–Crippen LogP) is 4.64. The number of H-pyrrole nitrogens is 1. The predicted molar refractivity (Wildman–Crippen MR) is 99.6 cm³/mol. The van der Waals surface area contributed by atoms with E-state index in [1.165, 1.54) is 12.1 Å². The van der Waals surface area contributed by atoms with Gasteiger partial charge in [-0.05, 0) is 30.3 Å². The Balaban J connectivity index is 1.96. The van der Waals surface area contributed by atoms with Gasteiger partial charge in [-0.1, -0.05) is 30.3 Å². The highest BCUT2D eigenvalue weighted by atomic mass is 19.1. The maximum absolute atomic E-state index is 14.6. The van der Waals surface area contributed by atoms with Gasteiger partial charge in [0.25, 0.3) is 0 Å². The van der Waals surface area contributed by atoms with E-state index in [9.17, 15) is 14.3 Å². The summed E-state index contributed by atoms with van der Waals surface area (Å²) in [6, 6.07) is 16.7. The van der Waals surface area contributed by atoms with Crippen LogP contribution in [-0.4, -0.2) is 26.0 Å². The van der Waals surface area contributed by atoms with Crippen LogP contribution in [-0.2, 0) is 0 Å². The third-order valence-electron chi connectivity index (χ3n) is 4.19. The molecule has 4 aromatic rings. The summed E-state index contributed by atoms with van der Waals surface area (Å²) >= 11 is 0. The molecule has 2 N–H and O–H groups in total. The Morgan fingerprint density at radius 2 is 1.70 bits per heavy atom. The van der Waals surface area contributed by atoms with E-state index in [-0.39, 0.29) is 11.1 Å². The van der Waals surface area contributed by atoms with Crippen molar-refractivity contribution in [3.8, 4) is 33.9 Å². The molecule has 0 aliphatic rings. The molecule has 2 aromatic carbocycles. The van der Waals surface area contributed by atoms with Gasteiger partial charge in [-0.15, -0.1) is 0 Å². The molecule has 0 radical (unpaired) electrons. The van der Waals surface area contributed by atoms with Gasteiger partial charge >= 0.3 is 5.97 Å². The van der Waals surface area contributed by atoms with Crippen LogP contribution in [0.3, 0.4) is 0 Å². The summed E-state index contributed by atoms with van der Waals surface area (Å²) in [5.41, 5.74) is 2.69. The molecule has 0 unspecified atom stereocenters. The first-order valence-electron chi connectivity index (χ1n) is 8.22. The highest BCUT2D eigenvalue weighted by Crippen LogP contribution is 2.34. The van der Waals surface area contributed by atoms with Crippen molar-refractivity contribution in [3.05, 3.63) is 84.4 Å². The molecule has 0 saturated heterocycles. The second kappa shape index (κ2) is 6.84. The van der Waals surface area contributed by atoms with Crippen molar-refractivity contribution < 1.29 is 14.3 Å². The van der Waals surface area contributed by atoms with Crippen LogP contribution >= 0.6 is 0 Å². The molecule has 0 fully saturated rings. The molecule has 0 atom stereocenters. The largest absolute Gasteiger partial charge is 0.478 e. The molecule has 0 bridgehead atoms. The molecule has 0 aliphatic heterocycles. The summed E-state index contributed by atoms with van der Waals surface area (Å²) in [6.45, 7) is 0. The van der Waals surface area contributed by atoms with Gasteiger partial charge in [0.1, 0.15) is 11.6 Å². The van der Waals surface area contributed by atoms with Crippen LogP contribution in [0, 0.1) is 5.82 Å². The van der Waals surface area contributed by atoms with Crippen LogP contribution < -0.4 is 0 Å². The Morgan fingerprint density at radius 1 is 0.963 bits per heavy atom. The van der Waals surface area contributed by atoms with Gasteiger partial charge < -0.3 is 10.1 Å². The number of hydrogen-bond acceptors (Lipinski definition) is 3. The van der Waals surface area contributed by atoms with Crippen LogP contribution in [0.1, 0.15) is 10.4 Å². The van der Waals surface area contributed by atoms with Crippen LogP contribution in [0.2, 0.25) is 0 Å². The normalized spacial score (nSPS) is 10.7. The third kappa shape index (κ3) is 3.20. The topological polar surface area (TPSA) is 78.9 Å². The van der Waals surface area contributed by atoms with Crippen LogP contribution in [0.25, 0.3) is 33.9 Å². The summed E-state index contributed by atoms with van der Waals surface area (Å²) in [5, 5.41) is 9.26. The lowest BCUT2D eigenvalue weighted by Crippen LogP contribution is -1.98. The monoisotopic (exact) mass is 359 g/mol. The molecule has 0 spiro atoms. The average Bonchev–Trinajstić information content (AvgIpc) is 3.15. The summed E-state index contributed by atoms with van der Waals surface area (Å²) in [7, 11) is 0. The molecule has 6 heteroatoms. The van der Waals surface area contributed by atoms with E-state index in [2.05, 4.69) is 15.0 Å². The number of rotatable bonds is 4. The lowest BCUT2D eigenvalue weighted by molar-refractivity contribution is 0.0697. The number of aromatic carboxylic acids is 1. The number of imidazole rings is 1. The van der Waals surface area contributed by atoms with Crippen molar-refractivity contribution >= 4 is 5.97 Å². The number of aromatic nitrogens is 3. The Hall–Kier alpha value is -3.80. The SMILES string of the molecule is O=C(O)c1ccc(F)c(-c2[nH]c(-c3ccccc3)nc2-c2ccncc2)c1. The van der Waals surface area contributed by atoms with Crippen molar-refractivity contribution in [2.24, 2.45) is 0 Å². The van der Waals surface area contributed by atoms with Crippen molar-refractivity contribution in [2.75, 3.05) is 0 Å². The van der Waals surface area contributed by atoms with Crippen molar-refractivity contribution in [2.45, 2.75) is 0 Å². The lowest BCUT2D eigenvalue weighted by atomic mass is 10.0. The van der Waals surface area contributed by atoms with E-state index >= 15 is 0 Å². The number of nitrogens with zero attached hydrogens (tertiary/aromatic N) is 2. The maximum atomic E-state index is 14.6. The molecule has 4 rings (SSSR count). The smallest absolute Gasteiger partial charge is 0.335 e. The molecule has 5 nitrogen and oxygen atoms in total. The fraction of sp³-hybridized carbons (Fsp3) is 0. The first kappa shape index (κ1) is 16.7. The Bertz CT molecular complexity index is 1110. The number of nitrogens with one attached hydrogen (secondary N) is 1. The number of carboxylic acids is 1. The molecule has 2 heterocycles. The number of carbonyl (C=O) groups is 1. The van der Waals surface area contributed by atoms with E-state index < -0.39 is 11.8 Å². The average molecular weight is 359 g/mol. The van der Waals surface area contributed by atoms with E-state index in [0.717, 1.165) is 17.2 Å². The molecule has 132 valence electrons. The second-order valence-electron chi connectivity index (χ2n) is 5.91. The molecule has 0 saturated carbocycles. The van der Waals surface area contributed by atoms with Gasteiger partial charge in [0.05, 0.1) is 17.0 Å². The number of hydrogen-bond donors (Lipinski definition) is 2. The molecule has 27 heavy (non-hydrogen) atoms. The van der Waals surface area contributed by atoms with Crippen LogP contribution in [0.5, 0.6) is 0 Å². The summed E-state index contributed by atoms with van der Waals surface area (Å²) in [6.07, 6.45) is 3.25. The number of benzene rings is 2. The minimum atomic E-state index is -1.12. The van der Waals surface area contributed by atoms with Crippen LogP contribution in [0.4, 0.5) is 4.39 Å². The van der Waals surface area contributed by atoms with Crippen molar-refractivity contribution in [1.82, 2.24) is 15.0 Å². The van der Waals surface area contributed by atoms with Gasteiger partial charge in [-0.2, -0.15) is 0 Å². The lowest BCUT2D eigenvalue weighted by Gasteiger charge is -2.06. The van der Waals surface area contributed by atoms with Gasteiger partial charge in [0.2, 0.25) is 0 Å². The quantitative estimate of drug-likeness (QED) is 0.556. The Labute approximate surface area is 154 Å². The zero-order valence-electron chi connectivity index (χ0n) is 14.1. The van der Waals surface area contributed by atoms with E-state index in [1.54, 1.807) is 24.5 Å². The van der Waals surface area contributed by atoms with Gasteiger partial charge in [-0.3, -0.25) is 4.98 Å². The Kier molecular flexibility index (Phi) is 4.22. The molecular formula is C21H14FN3O2. The van der Waals surface area contributed by atoms with Gasteiger partial charge in [0.15, 0.2) is 0 Å². The first-order valence-corrected chi connectivity index (χ1v) is 8.22. The molecule has 2 aromatic heterocycles. The zero-order chi connectivity index (χ0) is 18.8. The van der Waals surface area contributed by atoms with E-state index in [1.807, 2.05) is 30.3 Å². The standard InChI is InChI=1S/C21H14FN3O2/c22-17-7-6-15(21(26)27)12-16(17)19-18(13-8-10-23-11-9-13)24-20(25-19)14-4-2-1-3-5-14/h1-12H,(H,24,25)(H,26,27). The number of carboxylic acid groups (broad SMARTS) is 1. The highest BCUT2D eigenvalue weighted by Gasteiger charge is 2.19. The molecular weight excluding hydrogens is 345 g/mol. The molecule has 0 aliphatic carbocycles. The van der Waals surface area contributed by atoms with Gasteiger partial charge in [0, 0.05) is 29.1 Å². The number of pyridine rings is 1. The van der Waals surface area contributed by atoms with Crippen molar-refractivity contribution in [1.29, 1.82) is 0 Å². The summed E-state index contributed by atoms with van der Waals surface area (Å²) < 4.78 is 14.6. The minimum absolute atomic E-state index is 0.00272. The van der Waals surface area contributed by atoms with Crippen molar-refractivity contribution in [3.63, 3.8) is 0 Å². The number of halogens is 1. The zero-order valence-corrected chi connectivity index (χ0v) is 14.1.